The third kappa shape index (κ3) is 6.07. The first-order valence-electron chi connectivity index (χ1n) is 15.2. The number of thioether (sulfide) groups is 1. The Kier molecular flexibility index (Phi) is 8.53. The number of aromatic nitrogens is 3. The largest absolute Gasteiger partial charge is 0.472 e. The van der Waals surface area contributed by atoms with Gasteiger partial charge in [0.2, 0.25) is 17.7 Å². The van der Waals surface area contributed by atoms with Gasteiger partial charge in [0.15, 0.2) is 0 Å². The number of hydrogen-bond acceptors (Lipinski definition) is 7. The van der Waals surface area contributed by atoms with Crippen LogP contribution in [-0.2, 0) is 17.5 Å². The predicted octanol–water partition coefficient (Wildman–Crippen LogP) is 6.27. The van der Waals surface area contributed by atoms with Crippen molar-refractivity contribution in [3.8, 4) is 5.88 Å². The molecule has 0 radical (unpaired) electrons. The summed E-state index contributed by atoms with van der Waals surface area (Å²) in [5, 5.41) is 0.140. The van der Waals surface area contributed by atoms with E-state index in [2.05, 4.69) is 16.5 Å². The van der Waals surface area contributed by atoms with Crippen LogP contribution in [0.15, 0.2) is 52.8 Å². The quantitative estimate of drug-likeness (QED) is 0.235. The minimum Gasteiger partial charge on any atom is -0.472 e. The van der Waals surface area contributed by atoms with Crippen LogP contribution in [0.1, 0.15) is 56.6 Å². The minimum atomic E-state index is -4.80. The van der Waals surface area contributed by atoms with Gasteiger partial charge >= 0.3 is 11.9 Å². The maximum Gasteiger partial charge on any atom is 0.416 e. The first kappa shape index (κ1) is 32.3. The summed E-state index contributed by atoms with van der Waals surface area (Å²) in [5.41, 5.74) is -1.33. The Morgan fingerprint density at radius 1 is 1.13 bits per heavy atom. The maximum absolute atomic E-state index is 15.0. The van der Waals surface area contributed by atoms with E-state index in [-0.39, 0.29) is 83.4 Å². The van der Waals surface area contributed by atoms with Crippen LogP contribution < -0.4 is 15.3 Å². The van der Waals surface area contributed by atoms with Crippen molar-refractivity contribution in [3.05, 3.63) is 64.7 Å². The van der Waals surface area contributed by atoms with Crippen LogP contribution in [0.25, 0.3) is 10.9 Å². The number of nitrogens with zero attached hydrogens (tertiary/aromatic N) is 5. The molecule has 14 heteroatoms. The molecule has 0 bridgehead atoms. The number of carbonyl (C=O) groups excluding carboxylic acids is 1. The normalized spacial score (nSPS) is 23.7. The Morgan fingerprint density at radius 2 is 1.83 bits per heavy atom. The van der Waals surface area contributed by atoms with Crippen molar-refractivity contribution in [2.45, 2.75) is 87.2 Å². The molecule has 1 saturated heterocycles. The summed E-state index contributed by atoms with van der Waals surface area (Å²) in [4.78, 5) is 38.6. The highest BCUT2D eigenvalue weighted by molar-refractivity contribution is 7.99. The highest BCUT2D eigenvalue weighted by atomic mass is 32.2. The van der Waals surface area contributed by atoms with E-state index < -0.39 is 48.2 Å². The number of pyridine rings is 1. The molecule has 8 nitrogen and oxygen atoms in total. The number of ether oxygens (including phenoxy) is 1. The van der Waals surface area contributed by atoms with Gasteiger partial charge in [0.05, 0.1) is 17.6 Å². The van der Waals surface area contributed by atoms with Crippen LogP contribution in [0.5, 0.6) is 5.88 Å². The lowest BCUT2D eigenvalue weighted by molar-refractivity contribution is -0.138. The standard InChI is InChI=1S/C32H34F5N5O3S/c1-4-25(43)42-18(2)14-40(15-19(42)3)29-22-13-23(32(35,36)37)26(20-8-10-31(33,34)11-9-20)28-27(22)41(30(44)39-29)16-21(17-46-28)45-24-7-5-6-12-38-24/h4-7,12-13,18-21H,1,8-11,14-17H2,2-3H3/t18-,19+,21-/m0/s1. The lowest BCUT2D eigenvalue weighted by atomic mass is 9.80. The zero-order valence-corrected chi connectivity index (χ0v) is 26.2. The zero-order valence-electron chi connectivity index (χ0n) is 25.4. The average molecular weight is 664 g/mol. The second-order valence-electron chi connectivity index (χ2n) is 12.3. The van der Waals surface area contributed by atoms with E-state index in [4.69, 9.17) is 4.74 Å². The van der Waals surface area contributed by atoms with E-state index in [0.717, 1.165) is 17.8 Å². The topological polar surface area (TPSA) is 80.6 Å². The molecule has 3 aliphatic rings. The lowest BCUT2D eigenvalue weighted by Gasteiger charge is -2.44. The highest BCUT2D eigenvalue weighted by Crippen LogP contribution is 2.51. The molecule has 0 N–H and O–H groups in total. The Labute approximate surface area is 266 Å². The summed E-state index contributed by atoms with van der Waals surface area (Å²) in [5.74, 6) is -3.39. The summed E-state index contributed by atoms with van der Waals surface area (Å²) in [6.45, 7) is 7.67. The second kappa shape index (κ2) is 12.2. The van der Waals surface area contributed by atoms with Crippen LogP contribution in [0.3, 0.4) is 0 Å². The highest BCUT2D eigenvalue weighted by Gasteiger charge is 2.44. The Morgan fingerprint density at radius 3 is 2.43 bits per heavy atom. The zero-order chi connectivity index (χ0) is 33.0. The van der Waals surface area contributed by atoms with Crippen molar-refractivity contribution < 1.29 is 31.5 Å². The van der Waals surface area contributed by atoms with Gasteiger partial charge in [-0.1, -0.05) is 12.6 Å². The second-order valence-corrected chi connectivity index (χ2v) is 13.3. The molecule has 246 valence electrons. The van der Waals surface area contributed by atoms with Crippen molar-refractivity contribution in [3.63, 3.8) is 0 Å². The van der Waals surface area contributed by atoms with E-state index in [1.807, 2.05) is 13.8 Å². The summed E-state index contributed by atoms with van der Waals surface area (Å²) in [7, 11) is 0. The molecule has 2 fully saturated rings. The third-order valence-corrected chi connectivity index (χ3v) is 10.3. The minimum absolute atomic E-state index is 0.00114. The van der Waals surface area contributed by atoms with E-state index >= 15 is 0 Å². The van der Waals surface area contributed by atoms with Crippen LogP contribution in [0.2, 0.25) is 0 Å². The van der Waals surface area contributed by atoms with Gasteiger partial charge in [-0.3, -0.25) is 9.36 Å². The molecule has 1 saturated carbocycles. The summed E-state index contributed by atoms with van der Waals surface area (Å²) in [6.07, 6.45) is -3.93. The number of alkyl halides is 5. The monoisotopic (exact) mass is 663 g/mol. The molecule has 6 rings (SSSR count). The van der Waals surface area contributed by atoms with E-state index in [1.54, 1.807) is 34.2 Å². The summed E-state index contributed by atoms with van der Waals surface area (Å²) >= 11 is 1.14. The van der Waals surface area contributed by atoms with Gasteiger partial charge < -0.3 is 14.5 Å². The fourth-order valence-electron chi connectivity index (χ4n) is 7.06. The molecule has 0 spiro atoms. The third-order valence-electron chi connectivity index (χ3n) is 9.04. The molecule has 4 heterocycles. The van der Waals surface area contributed by atoms with Crippen molar-refractivity contribution in [2.24, 2.45) is 0 Å². The van der Waals surface area contributed by atoms with Gasteiger partial charge in [0.25, 0.3) is 0 Å². The van der Waals surface area contributed by atoms with E-state index in [9.17, 15) is 31.5 Å². The lowest BCUT2D eigenvalue weighted by Crippen LogP contribution is -2.58. The van der Waals surface area contributed by atoms with Crippen molar-refractivity contribution in [1.29, 1.82) is 0 Å². The number of anilines is 1. The molecule has 46 heavy (non-hydrogen) atoms. The molecule has 2 aromatic heterocycles. The maximum atomic E-state index is 15.0. The van der Waals surface area contributed by atoms with Gasteiger partial charge in [0.1, 0.15) is 11.9 Å². The van der Waals surface area contributed by atoms with Gasteiger partial charge in [0, 0.05) is 66.3 Å². The smallest absolute Gasteiger partial charge is 0.416 e. The van der Waals surface area contributed by atoms with Crippen LogP contribution in [0, 0.1) is 0 Å². The van der Waals surface area contributed by atoms with Crippen molar-refractivity contribution in [2.75, 3.05) is 23.7 Å². The SMILES string of the molecule is C=CC(=O)N1[C@H](C)CN(c2nc(=O)n3c4c(c(C5CCC(F)(F)CC5)c(C(F)(F)F)cc24)SC[C@@H](Oc2ccccn2)C3)C[C@@H]1C. The number of carbonyl (C=O) groups is 1. The van der Waals surface area contributed by atoms with Gasteiger partial charge in [-0.25, -0.2) is 18.6 Å². The average Bonchev–Trinajstić information content (AvgIpc) is 3.19. The molecular weight excluding hydrogens is 629 g/mol. The molecule has 3 aromatic rings. The molecule has 3 atom stereocenters. The van der Waals surface area contributed by atoms with Crippen LogP contribution in [0.4, 0.5) is 27.8 Å². The number of benzene rings is 1. The van der Waals surface area contributed by atoms with Gasteiger partial charge in [-0.2, -0.15) is 18.2 Å². The van der Waals surface area contributed by atoms with Crippen LogP contribution >= 0.6 is 11.8 Å². The van der Waals surface area contributed by atoms with Crippen LogP contribution in [-0.4, -0.2) is 68.3 Å². The number of halogens is 5. The fourth-order valence-corrected chi connectivity index (χ4v) is 8.38. The molecular formula is C32H34F5N5O3S. The predicted molar refractivity (Wildman–Crippen MR) is 165 cm³/mol. The number of hydrogen-bond donors (Lipinski definition) is 0. The number of amides is 1. The fraction of sp³-hybridized carbons (Fsp3) is 0.500. The Hall–Kier alpha value is -3.68. The molecule has 0 unspecified atom stereocenters. The summed E-state index contributed by atoms with van der Waals surface area (Å²) in [6, 6.07) is 5.44. The molecule has 1 aromatic carbocycles. The first-order valence-corrected chi connectivity index (χ1v) is 16.2. The summed E-state index contributed by atoms with van der Waals surface area (Å²) < 4.78 is 80.8. The van der Waals surface area contributed by atoms with E-state index in [1.165, 1.54) is 10.6 Å². The Balaban J connectivity index is 1.54. The van der Waals surface area contributed by atoms with Gasteiger partial charge in [-0.15, -0.1) is 11.8 Å². The first-order chi connectivity index (χ1) is 21.8. The number of piperazine rings is 1. The van der Waals surface area contributed by atoms with Crippen molar-refractivity contribution in [1.82, 2.24) is 19.4 Å². The van der Waals surface area contributed by atoms with E-state index in [0.29, 0.717) is 5.88 Å². The Bertz CT molecular complexity index is 1690. The number of rotatable bonds is 5. The molecule has 1 amide bonds. The molecule has 2 aliphatic heterocycles. The van der Waals surface area contributed by atoms with Crippen molar-refractivity contribution >= 4 is 34.4 Å². The van der Waals surface area contributed by atoms with Gasteiger partial charge in [-0.05, 0) is 56.4 Å². The molecule has 1 aliphatic carbocycles.